The fourth-order valence-corrected chi connectivity index (χ4v) is 3.69. The normalized spacial score (nSPS) is 15.8. The zero-order valence-electron chi connectivity index (χ0n) is 16.8. The topological polar surface area (TPSA) is 35.5 Å². The molecule has 0 aliphatic carbocycles. The molecule has 3 nitrogen and oxygen atoms in total. The lowest BCUT2D eigenvalue weighted by Crippen LogP contribution is -2.29. The molecule has 1 atom stereocenters. The molecular formula is C24H29FO3. The van der Waals surface area contributed by atoms with Crippen LogP contribution < -0.4 is 4.74 Å². The molecule has 0 N–H and O–H groups in total. The molecule has 1 aliphatic rings. The number of ether oxygens (including phenoxy) is 2. The molecular weight excluding hydrogens is 355 g/mol. The van der Waals surface area contributed by atoms with Crippen LogP contribution in [0.3, 0.4) is 0 Å². The SMILES string of the molecule is CCCCCc1ccc(CCC2Cc3ccc(OCC)c(F)c3C(=O)O2)cc1. The van der Waals surface area contributed by atoms with E-state index in [4.69, 9.17) is 9.47 Å². The minimum absolute atomic E-state index is 0.0265. The number of esters is 1. The highest BCUT2D eigenvalue weighted by Crippen LogP contribution is 2.30. The summed E-state index contributed by atoms with van der Waals surface area (Å²) in [6, 6.07) is 12.1. The van der Waals surface area contributed by atoms with Gasteiger partial charge in [-0.2, -0.15) is 0 Å². The number of carbonyl (C=O) groups excluding carboxylic acids is 1. The molecule has 1 unspecified atom stereocenters. The standard InChI is InChI=1S/C24H29FO3/c1-3-5-6-7-17-8-10-18(11-9-17)12-14-20-16-19-13-15-21(27-4-2)23(25)22(19)24(26)28-20/h8-11,13,15,20H,3-7,12,14,16H2,1-2H3. The smallest absolute Gasteiger partial charge is 0.341 e. The Morgan fingerprint density at radius 2 is 1.75 bits per heavy atom. The first-order valence-electron chi connectivity index (χ1n) is 10.3. The zero-order chi connectivity index (χ0) is 19.9. The maximum absolute atomic E-state index is 14.5. The maximum Gasteiger partial charge on any atom is 0.341 e. The van der Waals surface area contributed by atoms with Crippen LogP contribution in [-0.2, 0) is 24.0 Å². The molecule has 4 heteroatoms. The monoisotopic (exact) mass is 384 g/mol. The number of aryl methyl sites for hydroxylation is 2. The van der Waals surface area contributed by atoms with Crippen LogP contribution in [-0.4, -0.2) is 18.7 Å². The van der Waals surface area contributed by atoms with Gasteiger partial charge in [0.25, 0.3) is 0 Å². The van der Waals surface area contributed by atoms with Gasteiger partial charge in [-0.25, -0.2) is 9.18 Å². The predicted molar refractivity (Wildman–Crippen MR) is 108 cm³/mol. The van der Waals surface area contributed by atoms with Crippen molar-refractivity contribution in [3.8, 4) is 5.75 Å². The summed E-state index contributed by atoms with van der Waals surface area (Å²) in [5, 5.41) is 0. The van der Waals surface area contributed by atoms with E-state index in [1.807, 2.05) is 0 Å². The first kappa shape index (κ1) is 20.4. The Labute approximate surface area is 166 Å². The summed E-state index contributed by atoms with van der Waals surface area (Å²) >= 11 is 0. The van der Waals surface area contributed by atoms with E-state index < -0.39 is 11.8 Å². The number of fused-ring (bicyclic) bond motifs is 1. The van der Waals surface area contributed by atoms with Crippen molar-refractivity contribution >= 4 is 5.97 Å². The second-order valence-electron chi connectivity index (χ2n) is 7.39. The third-order valence-electron chi connectivity index (χ3n) is 5.27. The van der Waals surface area contributed by atoms with Gasteiger partial charge in [0.2, 0.25) is 0 Å². The van der Waals surface area contributed by atoms with Gasteiger partial charge in [0.1, 0.15) is 11.7 Å². The van der Waals surface area contributed by atoms with Crippen molar-refractivity contribution in [2.24, 2.45) is 0 Å². The van der Waals surface area contributed by atoms with Crippen molar-refractivity contribution in [3.63, 3.8) is 0 Å². The molecule has 0 amide bonds. The highest BCUT2D eigenvalue weighted by Gasteiger charge is 2.30. The maximum atomic E-state index is 14.5. The Morgan fingerprint density at radius 3 is 2.43 bits per heavy atom. The number of benzene rings is 2. The zero-order valence-corrected chi connectivity index (χ0v) is 16.8. The Bertz CT molecular complexity index is 798. The average molecular weight is 384 g/mol. The summed E-state index contributed by atoms with van der Waals surface area (Å²) in [4.78, 5) is 12.3. The van der Waals surface area contributed by atoms with Gasteiger partial charge in [0.05, 0.1) is 6.61 Å². The summed E-state index contributed by atoms with van der Waals surface area (Å²) in [5.74, 6) is -1.09. The summed E-state index contributed by atoms with van der Waals surface area (Å²) in [5.41, 5.74) is 3.34. The minimum Gasteiger partial charge on any atom is -0.491 e. The summed E-state index contributed by atoms with van der Waals surface area (Å²) in [7, 11) is 0. The molecule has 1 heterocycles. The van der Waals surface area contributed by atoms with Crippen LogP contribution in [0.1, 0.15) is 66.6 Å². The van der Waals surface area contributed by atoms with Gasteiger partial charge < -0.3 is 9.47 Å². The van der Waals surface area contributed by atoms with Crippen molar-refractivity contribution < 1.29 is 18.7 Å². The summed E-state index contributed by atoms with van der Waals surface area (Å²) < 4.78 is 25.2. The third-order valence-corrected chi connectivity index (χ3v) is 5.27. The van der Waals surface area contributed by atoms with Gasteiger partial charge >= 0.3 is 5.97 Å². The van der Waals surface area contributed by atoms with Crippen LogP contribution >= 0.6 is 0 Å². The van der Waals surface area contributed by atoms with Crippen LogP contribution in [0.2, 0.25) is 0 Å². The van der Waals surface area contributed by atoms with Crippen LogP contribution in [0, 0.1) is 5.82 Å². The molecule has 2 aromatic carbocycles. The van der Waals surface area contributed by atoms with Crippen LogP contribution in [0.5, 0.6) is 5.75 Å². The number of halogens is 1. The third kappa shape index (κ3) is 4.92. The Hall–Kier alpha value is -2.36. The summed E-state index contributed by atoms with van der Waals surface area (Å²) in [6.45, 7) is 4.35. The fourth-order valence-electron chi connectivity index (χ4n) is 3.69. The highest BCUT2D eigenvalue weighted by atomic mass is 19.1. The molecule has 1 aliphatic heterocycles. The second kappa shape index (κ2) is 9.72. The molecule has 2 aromatic rings. The lowest BCUT2D eigenvalue weighted by molar-refractivity contribution is 0.0230. The van der Waals surface area contributed by atoms with E-state index in [2.05, 4.69) is 31.2 Å². The van der Waals surface area contributed by atoms with E-state index in [0.29, 0.717) is 18.6 Å². The highest BCUT2D eigenvalue weighted by molar-refractivity contribution is 5.93. The number of unbranched alkanes of at least 4 members (excludes halogenated alkanes) is 2. The van der Waals surface area contributed by atoms with Crippen molar-refractivity contribution in [2.45, 2.75) is 64.9 Å². The van der Waals surface area contributed by atoms with Gasteiger partial charge in [0.15, 0.2) is 11.6 Å². The Morgan fingerprint density at radius 1 is 1.04 bits per heavy atom. The number of hydrogen-bond acceptors (Lipinski definition) is 3. The number of cyclic esters (lactones) is 1. The average Bonchev–Trinajstić information content (AvgIpc) is 2.69. The van der Waals surface area contributed by atoms with Gasteiger partial charge in [-0.1, -0.05) is 50.1 Å². The molecule has 0 aromatic heterocycles. The molecule has 0 bridgehead atoms. The molecule has 28 heavy (non-hydrogen) atoms. The lowest BCUT2D eigenvalue weighted by atomic mass is 9.94. The molecule has 0 saturated heterocycles. The fraction of sp³-hybridized carbons (Fsp3) is 0.458. The molecule has 0 radical (unpaired) electrons. The molecule has 0 saturated carbocycles. The first-order chi connectivity index (χ1) is 13.6. The van der Waals surface area contributed by atoms with Gasteiger partial charge in [0, 0.05) is 6.42 Å². The van der Waals surface area contributed by atoms with E-state index >= 15 is 0 Å². The molecule has 0 spiro atoms. The van der Waals surface area contributed by atoms with E-state index in [9.17, 15) is 9.18 Å². The van der Waals surface area contributed by atoms with Crippen molar-refractivity contribution in [1.29, 1.82) is 0 Å². The molecule has 0 fully saturated rings. The van der Waals surface area contributed by atoms with Gasteiger partial charge in [-0.15, -0.1) is 0 Å². The van der Waals surface area contributed by atoms with E-state index in [1.165, 1.54) is 30.4 Å². The quantitative estimate of drug-likeness (QED) is 0.413. The number of carbonyl (C=O) groups is 1. The van der Waals surface area contributed by atoms with Gasteiger partial charge in [-0.3, -0.25) is 0 Å². The second-order valence-corrected chi connectivity index (χ2v) is 7.39. The van der Waals surface area contributed by atoms with Gasteiger partial charge in [-0.05, 0) is 55.4 Å². The predicted octanol–water partition coefficient (Wildman–Crippen LogP) is 5.67. The Balaban J connectivity index is 1.58. The van der Waals surface area contributed by atoms with E-state index in [1.54, 1.807) is 19.1 Å². The van der Waals surface area contributed by atoms with Crippen molar-refractivity contribution in [3.05, 3.63) is 64.5 Å². The lowest BCUT2D eigenvalue weighted by Gasteiger charge is -2.25. The number of hydrogen-bond donors (Lipinski definition) is 0. The van der Waals surface area contributed by atoms with E-state index in [-0.39, 0.29) is 17.4 Å². The molecule has 150 valence electrons. The largest absolute Gasteiger partial charge is 0.491 e. The van der Waals surface area contributed by atoms with Crippen molar-refractivity contribution in [2.75, 3.05) is 6.61 Å². The first-order valence-corrected chi connectivity index (χ1v) is 10.3. The Kier molecular flexibility index (Phi) is 7.07. The van der Waals surface area contributed by atoms with E-state index in [0.717, 1.165) is 19.3 Å². The van der Waals surface area contributed by atoms with Crippen LogP contribution in [0.15, 0.2) is 36.4 Å². The summed E-state index contributed by atoms with van der Waals surface area (Å²) in [6.07, 6.45) is 6.74. The molecule has 3 rings (SSSR count). The minimum atomic E-state index is -0.610. The van der Waals surface area contributed by atoms with Crippen LogP contribution in [0.4, 0.5) is 4.39 Å². The van der Waals surface area contributed by atoms with Crippen LogP contribution in [0.25, 0.3) is 0 Å². The number of rotatable bonds is 9. The van der Waals surface area contributed by atoms with Crippen molar-refractivity contribution in [1.82, 2.24) is 0 Å².